The normalized spacial score (nSPS) is 19.5. The Hall–Kier alpha value is -1.33. The number of piperidine rings is 1. The molecule has 0 amide bonds. The molecule has 1 fully saturated rings. The van der Waals surface area contributed by atoms with E-state index in [-0.39, 0.29) is 17.5 Å². The van der Waals surface area contributed by atoms with Gasteiger partial charge in [-0.2, -0.15) is 4.31 Å². The Morgan fingerprint density at radius 3 is 2.73 bits per heavy atom. The molecule has 10 heteroatoms. The van der Waals surface area contributed by atoms with Crippen molar-refractivity contribution in [2.24, 2.45) is 0 Å². The Morgan fingerprint density at radius 1 is 1.19 bits per heavy atom. The van der Waals surface area contributed by atoms with Gasteiger partial charge in [0, 0.05) is 31.5 Å². The van der Waals surface area contributed by atoms with Crippen LogP contribution in [0, 0.1) is 0 Å². The Bertz CT molecular complexity index is 913. The van der Waals surface area contributed by atoms with Gasteiger partial charge in [0.25, 0.3) is 10.0 Å². The zero-order valence-corrected chi connectivity index (χ0v) is 16.6. The topological polar surface area (TPSA) is 96.4 Å². The van der Waals surface area contributed by atoms with Crippen LogP contribution in [0.4, 0.5) is 0 Å². The van der Waals surface area contributed by atoms with E-state index < -0.39 is 20.0 Å². The van der Waals surface area contributed by atoms with Gasteiger partial charge in [-0.15, -0.1) is 11.3 Å². The van der Waals surface area contributed by atoms with Gasteiger partial charge in [0.15, 0.2) is 0 Å². The van der Waals surface area contributed by atoms with Gasteiger partial charge in [0.2, 0.25) is 10.0 Å². The van der Waals surface area contributed by atoms with Crippen LogP contribution < -0.4 is 4.72 Å². The van der Waals surface area contributed by atoms with Crippen molar-refractivity contribution in [3.05, 3.63) is 42.0 Å². The maximum absolute atomic E-state index is 12.8. The van der Waals surface area contributed by atoms with Crippen LogP contribution in [0.25, 0.3) is 0 Å². The van der Waals surface area contributed by atoms with Crippen molar-refractivity contribution in [1.29, 1.82) is 0 Å². The zero-order valence-electron chi connectivity index (χ0n) is 14.1. The fourth-order valence-corrected chi connectivity index (χ4v) is 6.91. The second-order valence-corrected chi connectivity index (χ2v) is 10.9. The number of rotatable bonds is 7. The minimum atomic E-state index is -3.64. The number of aromatic nitrogens is 1. The second kappa shape index (κ2) is 8.13. The van der Waals surface area contributed by atoms with Crippen molar-refractivity contribution < 1.29 is 16.8 Å². The highest BCUT2D eigenvalue weighted by molar-refractivity contribution is 7.91. The lowest BCUT2D eigenvalue weighted by Gasteiger charge is -2.34. The summed E-state index contributed by atoms with van der Waals surface area (Å²) in [4.78, 5) is 3.92. The van der Waals surface area contributed by atoms with Crippen LogP contribution in [0.1, 0.15) is 25.7 Å². The number of hydrogen-bond donors (Lipinski definition) is 1. The summed E-state index contributed by atoms with van der Waals surface area (Å²) in [5.41, 5.74) is 0. The number of sulfonamides is 2. The third-order valence-electron chi connectivity index (χ3n) is 4.35. The van der Waals surface area contributed by atoms with Crippen molar-refractivity contribution in [2.75, 3.05) is 13.1 Å². The minimum Gasteiger partial charge on any atom is -0.263 e. The van der Waals surface area contributed by atoms with E-state index >= 15 is 0 Å². The maximum Gasteiger partial charge on any atom is 0.252 e. The van der Waals surface area contributed by atoms with Crippen LogP contribution in [0.2, 0.25) is 0 Å². The highest BCUT2D eigenvalue weighted by atomic mass is 32.2. The molecule has 3 heterocycles. The van der Waals surface area contributed by atoms with Crippen LogP contribution in [-0.4, -0.2) is 45.3 Å². The fraction of sp³-hybridized carbons (Fsp3) is 0.438. The molecule has 0 bridgehead atoms. The lowest BCUT2D eigenvalue weighted by atomic mass is 10.0. The van der Waals surface area contributed by atoms with Crippen LogP contribution in [0.5, 0.6) is 0 Å². The van der Waals surface area contributed by atoms with Gasteiger partial charge in [-0.25, -0.2) is 21.6 Å². The highest BCUT2D eigenvalue weighted by Crippen LogP contribution is 2.29. The molecule has 0 aromatic carbocycles. The number of nitrogens with zero attached hydrogens (tertiary/aromatic N) is 2. The van der Waals surface area contributed by atoms with Gasteiger partial charge >= 0.3 is 0 Å². The molecule has 142 valence electrons. The summed E-state index contributed by atoms with van der Waals surface area (Å²) >= 11 is 1.20. The summed E-state index contributed by atoms with van der Waals surface area (Å²) in [6.07, 6.45) is 5.73. The molecule has 0 aliphatic carbocycles. The molecule has 7 nitrogen and oxygen atoms in total. The van der Waals surface area contributed by atoms with E-state index in [0.29, 0.717) is 17.2 Å². The summed E-state index contributed by atoms with van der Waals surface area (Å²) in [5.74, 6) is 0. The van der Waals surface area contributed by atoms with Crippen LogP contribution in [-0.2, 0) is 20.0 Å². The summed E-state index contributed by atoms with van der Waals surface area (Å²) in [6.45, 7) is 0.651. The molecule has 1 N–H and O–H groups in total. The van der Waals surface area contributed by atoms with Crippen molar-refractivity contribution in [3.63, 3.8) is 0 Å². The molecule has 1 aliphatic heterocycles. The lowest BCUT2D eigenvalue weighted by molar-refractivity contribution is 0.242. The SMILES string of the molecule is O=S(=O)(NCC[C@@H]1CCCCN1S(=O)(=O)c1cccs1)c1cccnc1. The molecule has 1 saturated heterocycles. The number of nitrogens with one attached hydrogen (secondary N) is 1. The van der Waals surface area contributed by atoms with Gasteiger partial charge in [0.1, 0.15) is 9.10 Å². The highest BCUT2D eigenvalue weighted by Gasteiger charge is 2.33. The van der Waals surface area contributed by atoms with Crippen molar-refractivity contribution in [3.8, 4) is 0 Å². The number of pyridine rings is 1. The van der Waals surface area contributed by atoms with Crippen LogP contribution >= 0.6 is 11.3 Å². The Balaban J connectivity index is 1.66. The monoisotopic (exact) mass is 415 g/mol. The molecule has 2 aromatic rings. The average Bonchev–Trinajstić information content (AvgIpc) is 3.18. The second-order valence-electron chi connectivity index (χ2n) is 6.07. The summed E-state index contributed by atoms with van der Waals surface area (Å²) in [7, 11) is -7.16. The van der Waals surface area contributed by atoms with E-state index in [1.54, 1.807) is 23.6 Å². The maximum atomic E-state index is 12.8. The van der Waals surface area contributed by atoms with Gasteiger partial charge in [0.05, 0.1) is 0 Å². The molecule has 1 aliphatic rings. The van der Waals surface area contributed by atoms with E-state index in [2.05, 4.69) is 9.71 Å². The number of thiophene rings is 1. The fourth-order valence-electron chi connectivity index (χ4n) is 3.05. The molecule has 26 heavy (non-hydrogen) atoms. The van der Waals surface area contributed by atoms with Crippen molar-refractivity contribution in [1.82, 2.24) is 14.0 Å². The standard InChI is InChI=1S/C16H21N3O4S3/c20-25(21,15-6-3-9-17-13-15)18-10-8-14-5-1-2-11-19(14)26(22,23)16-7-4-12-24-16/h3-4,6-7,9,12-14,18H,1-2,5,8,10-11H2/t14-/m0/s1. The first-order chi connectivity index (χ1) is 12.4. The third kappa shape index (κ3) is 4.32. The van der Waals surface area contributed by atoms with Gasteiger partial charge in [-0.3, -0.25) is 4.98 Å². The Morgan fingerprint density at radius 2 is 2.04 bits per heavy atom. The number of hydrogen-bond acceptors (Lipinski definition) is 6. The molecule has 0 saturated carbocycles. The van der Waals surface area contributed by atoms with Crippen molar-refractivity contribution in [2.45, 2.75) is 40.8 Å². The van der Waals surface area contributed by atoms with E-state index in [1.165, 1.54) is 34.1 Å². The van der Waals surface area contributed by atoms with E-state index in [9.17, 15) is 16.8 Å². The summed E-state index contributed by atoms with van der Waals surface area (Å²) in [6, 6.07) is 6.16. The minimum absolute atomic E-state index is 0.103. The van der Waals surface area contributed by atoms with E-state index in [0.717, 1.165) is 19.3 Å². The molecule has 1 atom stereocenters. The predicted molar refractivity (Wildman–Crippen MR) is 99.9 cm³/mol. The molecular formula is C16H21N3O4S3. The summed E-state index contributed by atoms with van der Waals surface area (Å²) < 4.78 is 54.6. The Labute approximate surface area is 158 Å². The van der Waals surface area contributed by atoms with Crippen LogP contribution in [0.3, 0.4) is 0 Å². The molecule has 3 rings (SSSR count). The zero-order chi connectivity index (χ0) is 18.6. The smallest absolute Gasteiger partial charge is 0.252 e. The first-order valence-corrected chi connectivity index (χ1v) is 12.2. The third-order valence-corrected chi connectivity index (χ3v) is 9.12. The predicted octanol–water partition coefficient (Wildman–Crippen LogP) is 2.05. The first-order valence-electron chi connectivity index (χ1n) is 8.36. The van der Waals surface area contributed by atoms with Gasteiger partial charge < -0.3 is 0 Å². The average molecular weight is 416 g/mol. The molecule has 2 aromatic heterocycles. The van der Waals surface area contributed by atoms with E-state index in [4.69, 9.17) is 0 Å². The summed E-state index contributed by atoms with van der Waals surface area (Å²) in [5, 5.41) is 1.74. The lowest BCUT2D eigenvalue weighted by Crippen LogP contribution is -2.44. The van der Waals surface area contributed by atoms with E-state index in [1.807, 2.05) is 0 Å². The quantitative estimate of drug-likeness (QED) is 0.747. The molecule has 0 spiro atoms. The van der Waals surface area contributed by atoms with Gasteiger partial charge in [-0.1, -0.05) is 12.5 Å². The largest absolute Gasteiger partial charge is 0.263 e. The Kier molecular flexibility index (Phi) is 6.08. The first kappa shape index (κ1) is 19.4. The molecule has 0 unspecified atom stereocenters. The van der Waals surface area contributed by atoms with Gasteiger partial charge in [-0.05, 0) is 42.8 Å². The van der Waals surface area contributed by atoms with Crippen molar-refractivity contribution >= 4 is 31.4 Å². The molecule has 0 radical (unpaired) electrons. The molecular weight excluding hydrogens is 394 g/mol. The van der Waals surface area contributed by atoms with Crippen LogP contribution in [0.15, 0.2) is 51.1 Å².